The summed E-state index contributed by atoms with van der Waals surface area (Å²) in [4.78, 5) is 6.70. The fourth-order valence-electron chi connectivity index (χ4n) is 4.29. The van der Waals surface area contributed by atoms with Crippen molar-refractivity contribution < 1.29 is 9.50 Å². The average molecular weight is 552 g/mol. The topological polar surface area (TPSA) is 59.9 Å². The zero-order chi connectivity index (χ0) is 21.7. The van der Waals surface area contributed by atoms with Crippen molar-refractivity contribution in [3.05, 3.63) is 65.5 Å². The van der Waals surface area contributed by atoms with Crippen LogP contribution in [0, 0.1) is 5.82 Å². The van der Waals surface area contributed by atoms with E-state index in [1.807, 2.05) is 24.0 Å². The molecule has 32 heavy (non-hydrogen) atoms. The maximum Gasteiger partial charge on any atom is 0.191 e. The van der Waals surface area contributed by atoms with Gasteiger partial charge < -0.3 is 20.6 Å². The van der Waals surface area contributed by atoms with E-state index in [-0.39, 0.29) is 41.3 Å². The number of aliphatic imine (C=N–C) groups is 1. The lowest BCUT2D eigenvalue weighted by molar-refractivity contribution is 0.145. The van der Waals surface area contributed by atoms with Gasteiger partial charge in [-0.2, -0.15) is 0 Å². The Morgan fingerprint density at radius 1 is 1.12 bits per heavy atom. The fraction of sp³-hybridized carbons (Fsp3) is 0.480. The van der Waals surface area contributed by atoms with Crippen LogP contribution in [0.15, 0.2) is 53.5 Å². The Kier molecular flexibility index (Phi) is 8.76. The van der Waals surface area contributed by atoms with Crippen molar-refractivity contribution in [3.8, 4) is 0 Å². The molecule has 1 saturated heterocycles. The standard InChI is InChI=1S/C25H33FN4O.HI/c1-2-27-24(29-18-25(12-13-25)20-6-4-3-5-7-20)28-17-19-8-9-23(22(26)16-19)30-14-10-21(31)11-15-30;/h3-9,16,21,31H,2,10-15,17-18H2,1H3,(H2,27,28,29);1H. The molecule has 1 aliphatic heterocycles. The molecule has 1 saturated carbocycles. The summed E-state index contributed by atoms with van der Waals surface area (Å²) in [6, 6.07) is 16.0. The minimum atomic E-state index is -0.262. The van der Waals surface area contributed by atoms with E-state index >= 15 is 0 Å². The predicted molar refractivity (Wildman–Crippen MR) is 139 cm³/mol. The molecule has 2 aliphatic rings. The van der Waals surface area contributed by atoms with Crippen molar-refractivity contribution in [1.29, 1.82) is 0 Å². The van der Waals surface area contributed by atoms with Crippen molar-refractivity contribution >= 4 is 35.6 Å². The number of piperidine rings is 1. The minimum Gasteiger partial charge on any atom is -0.393 e. The summed E-state index contributed by atoms with van der Waals surface area (Å²) in [5.41, 5.74) is 3.04. The zero-order valence-corrected chi connectivity index (χ0v) is 21.0. The molecule has 0 atom stereocenters. The van der Waals surface area contributed by atoms with Gasteiger partial charge in [-0.1, -0.05) is 36.4 Å². The number of rotatable bonds is 7. The highest BCUT2D eigenvalue weighted by Crippen LogP contribution is 2.47. The second kappa shape index (κ2) is 11.3. The van der Waals surface area contributed by atoms with Crippen molar-refractivity contribution in [2.75, 3.05) is 31.1 Å². The van der Waals surface area contributed by atoms with Gasteiger partial charge in [0.2, 0.25) is 0 Å². The normalized spacial score (nSPS) is 18.1. The Bertz CT molecular complexity index is 896. The first-order valence-electron chi connectivity index (χ1n) is 11.4. The molecule has 2 fully saturated rings. The molecule has 0 unspecified atom stereocenters. The quantitative estimate of drug-likeness (QED) is 0.274. The summed E-state index contributed by atoms with van der Waals surface area (Å²) in [5, 5.41) is 16.5. The number of benzene rings is 2. The van der Waals surface area contributed by atoms with Crippen molar-refractivity contribution in [2.45, 2.75) is 50.7 Å². The SMILES string of the molecule is CCNC(=NCc1ccc(N2CCC(O)CC2)c(F)c1)NCC1(c2ccccc2)CC1.I. The molecular weight excluding hydrogens is 518 g/mol. The van der Waals surface area contributed by atoms with Crippen LogP contribution in [0.25, 0.3) is 0 Å². The number of aliphatic hydroxyl groups is 1. The molecule has 1 aliphatic carbocycles. The van der Waals surface area contributed by atoms with Gasteiger partial charge in [0.05, 0.1) is 18.3 Å². The Balaban J connectivity index is 0.00000289. The zero-order valence-electron chi connectivity index (χ0n) is 18.7. The molecule has 0 spiro atoms. The maximum absolute atomic E-state index is 14.7. The smallest absolute Gasteiger partial charge is 0.191 e. The fourth-order valence-corrected chi connectivity index (χ4v) is 4.29. The van der Waals surface area contributed by atoms with E-state index in [4.69, 9.17) is 0 Å². The lowest BCUT2D eigenvalue weighted by Gasteiger charge is -2.31. The third-order valence-electron chi connectivity index (χ3n) is 6.42. The lowest BCUT2D eigenvalue weighted by Crippen LogP contribution is -2.41. The molecule has 3 N–H and O–H groups in total. The van der Waals surface area contributed by atoms with Crippen LogP contribution in [0.1, 0.15) is 43.7 Å². The maximum atomic E-state index is 14.7. The van der Waals surface area contributed by atoms with Crippen LogP contribution in [-0.4, -0.2) is 43.3 Å². The molecule has 0 radical (unpaired) electrons. The van der Waals surface area contributed by atoms with Gasteiger partial charge in [0.15, 0.2) is 5.96 Å². The van der Waals surface area contributed by atoms with Crippen molar-refractivity contribution in [2.24, 2.45) is 4.99 Å². The number of nitrogens with one attached hydrogen (secondary N) is 2. The molecule has 1 heterocycles. The number of halogens is 2. The van der Waals surface area contributed by atoms with Gasteiger partial charge in [-0.15, -0.1) is 24.0 Å². The van der Waals surface area contributed by atoms with E-state index in [1.165, 1.54) is 18.4 Å². The minimum absolute atomic E-state index is 0. The lowest BCUT2D eigenvalue weighted by atomic mass is 9.96. The summed E-state index contributed by atoms with van der Waals surface area (Å²) >= 11 is 0. The Morgan fingerprint density at radius 2 is 1.84 bits per heavy atom. The van der Waals surface area contributed by atoms with Gasteiger partial charge in [0.25, 0.3) is 0 Å². The Labute approximate surface area is 207 Å². The average Bonchev–Trinajstić information content (AvgIpc) is 3.58. The van der Waals surface area contributed by atoms with Crippen LogP contribution in [0.3, 0.4) is 0 Å². The largest absolute Gasteiger partial charge is 0.393 e. The first kappa shape index (κ1) is 24.8. The predicted octanol–water partition coefficient (Wildman–Crippen LogP) is 4.19. The van der Waals surface area contributed by atoms with E-state index in [1.54, 1.807) is 6.07 Å². The Hall–Kier alpha value is -1.87. The van der Waals surface area contributed by atoms with E-state index in [0.717, 1.165) is 24.6 Å². The number of anilines is 1. The van der Waals surface area contributed by atoms with E-state index < -0.39 is 0 Å². The molecule has 5 nitrogen and oxygen atoms in total. The summed E-state index contributed by atoms with van der Waals surface area (Å²) in [6.07, 6.45) is 3.48. The molecule has 174 valence electrons. The Morgan fingerprint density at radius 3 is 2.47 bits per heavy atom. The highest BCUT2D eigenvalue weighted by molar-refractivity contribution is 14.0. The van der Waals surface area contributed by atoms with Crippen LogP contribution in [0.4, 0.5) is 10.1 Å². The number of nitrogens with zero attached hydrogens (tertiary/aromatic N) is 2. The number of hydrogen-bond donors (Lipinski definition) is 3. The molecule has 0 amide bonds. The van der Waals surface area contributed by atoms with Gasteiger partial charge in [-0.25, -0.2) is 9.38 Å². The van der Waals surface area contributed by atoms with Gasteiger partial charge in [0.1, 0.15) is 5.82 Å². The van der Waals surface area contributed by atoms with Crippen molar-refractivity contribution in [3.63, 3.8) is 0 Å². The molecule has 2 aromatic rings. The highest BCUT2D eigenvalue weighted by Gasteiger charge is 2.44. The van der Waals surface area contributed by atoms with Crippen LogP contribution >= 0.6 is 24.0 Å². The van der Waals surface area contributed by atoms with Crippen LogP contribution in [-0.2, 0) is 12.0 Å². The number of guanidine groups is 1. The number of aliphatic hydroxyl groups excluding tert-OH is 1. The van der Waals surface area contributed by atoms with Crippen LogP contribution < -0.4 is 15.5 Å². The molecule has 4 rings (SSSR count). The van der Waals surface area contributed by atoms with E-state index in [9.17, 15) is 9.50 Å². The monoisotopic (exact) mass is 552 g/mol. The second-order valence-electron chi connectivity index (χ2n) is 8.70. The third-order valence-corrected chi connectivity index (χ3v) is 6.42. The van der Waals surface area contributed by atoms with Gasteiger partial charge in [0, 0.05) is 31.6 Å². The molecule has 0 bridgehead atoms. The molecular formula is C25H34FIN4O. The highest BCUT2D eigenvalue weighted by atomic mass is 127. The third kappa shape index (κ3) is 6.13. The van der Waals surface area contributed by atoms with E-state index in [2.05, 4.69) is 46.0 Å². The molecule has 2 aromatic carbocycles. The summed E-state index contributed by atoms with van der Waals surface area (Å²) in [5.74, 6) is 0.544. The molecule has 7 heteroatoms. The molecule has 0 aromatic heterocycles. The van der Waals surface area contributed by atoms with E-state index in [0.29, 0.717) is 38.2 Å². The van der Waals surface area contributed by atoms with Crippen LogP contribution in [0.2, 0.25) is 0 Å². The van der Waals surface area contributed by atoms with Crippen LogP contribution in [0.5, 0.6) is 0 Å². The summed E-state index contributed by atoms with van der Waals surface area (Å²) in [6.45, 7) is 5.46. The second-order valence-corrected chi connectivity index (χ2v) is 8.70. The van der Waals surface area contributed by atoms with Crippen molar-refractivity contribution in [1.82, 2.24) is 10.6 Å². The summed E-state index contributed by atoms with van der Waals surface area (Å²) in [7, 11) is 0. The first-order chi connectivity index (χ1) is 15.1. The summed E-state index contributed by atoms with van der Waals surface area (Å²) < 4.78 is 14.7. The van der Waals surface area contributed by atoms with Gasteiger partial charge in [-0.3, -0.25) is 0 Å². The van der Waals surface area contributed by atoms with Gasteiger partial charge in [-0.05, 0) is 55.9 Å². The van der Waals surface area contributed by atoms with Gasteiger partial charge >= 0.3 is 0 Å². The first-order valence-corrected chi connectivity index (χ1v) is 11.4. The number of hydrogen-bond acceptors (Lipinski definition) is 3.